The minimum Gasteiger partial charge on any atom is -0.457 e. The van der Waals surface area contributed by atoms with Crippen molar-refractivity contribution in [2.24, 2.45) is 5.92 Å². The number of rotatable bonds is 14. The van der Waals surface area contributed by atoms with E-state index in [1.165, 1.54) is 49.8 Å². The van der Waals surface area contributed by atoms with Crippen LogP contribution in [-0.4, -0.2) is 51.3 Å². The Labute approximate surface area is 322 Å². The SMILES string of the molecule is C.C.C.C.CCN(C)c1ccccn1.CCNCC1CCCCC1.CCNCCc1ccc(Oc2ccccc2)cc1.CCNCc1ccccc1. The van der Waals surface area contributed by atoms with Crippen molar-refractivity contribution in [3.05, 3.63) is 120 Å². The number of benzene rings is 3. The average molecular weight is 718 g/mol. The molecule has 0 bridgehead atoms. The van der Waals surface area contributed by atoms with Crippen LogP contribution in [-0.2, 0) is 13.0 Å². The van der Waals surface area contributed by atoms with Crippen molar-refractivity contribution < 1.29 is 4.74 Å². The van der Waals surface area contributed by atoms with Crippen LogP contribution in [0.15, 0.2) is 109 Å². The van der Waals surface area contributed by atoms with Crippen molar-refractivity contribution >= 4 is 5.82 Å². The number of hydrogen-bond acceptors (Lipinski definition) is 6. The maximum Gasteiger partial charge on any atom is 0.128 e. The van der Waals surface area contributed by atoms with Gasteiger partial charge in [-0.05, 0) is 112 Å². The Morgan fingerprint density at radius 1 is 0.615 bits per heavy atom. The molecule has 0 atom stereocenters. The lowest BCUT2D eigenvalue weighted by molar-refractivity contribution is 0.345. The molecule has 1 heterocycles. The molecule has 1 aromatic heterocycles. The Balaban J connectivity index is -0.000000624. The minimum absolute atomic E-state index is 0. The summed E-state index contributed by atoms with van der Waals surface area (Å²) in [6.07, 6.45) is 10.2. The van der Waals surface area contributed by atoms with Crippen molar-refractivity contribution in [2.45, 2.75) is 102 Å². The topological polar surface area (TPSA) is 61.5 Å². The van der Waals surface area contributed by atoms with Gasteiger partial charge in [0, 0.05) is 26.3 Å². The van der Waals surface area contributed by atoms with Gasteiger partial charge in [0.25, 0.3) is 0 Å². The molecule has 0 unspecified atom stereocenters. The first-order valence-corrected chi connectivity index (χ1v) is 18.2. The molecule has 6 heteroatoms. The van der Waals surface area contributed by atoms with E-state index in [1.54, 1.807) is 0 Å². The number of ether oxygens (including phenoxy) is 1. The summed E-state index contributed by atoms with van der Waals surface area (Å²) >= 11 is 0. The summed E-state index contributed by atoms with van der Waals surface area (Å²) in [6, 6.07) is 34.5. The fourth-order valence-corrected chi connectivity index (χ4v) is 5.10. The summed E-state index contributed by atoms with van der Waals surface area (Å²) in [6.45, 7) is 16.0. The van der Waals surface area contributed by atoms with Gasteiger partial charge in [-0.25, -0.2) is 4.98 Å². The molecule has 0 aliphatic heterocycles. The van der Waals surface area contributed by atoms with Gasteiger partial charge in [-0.1, -0.05) is 136 Å². The molecular weight excluding hydrogens is 639 g/mol. The highest BCUT2D eigenvalue weighted by Gasteiger charge is 2.11. The van der Waals surface area contributed by atoms with Gasteiger partial charge in [-0.2, -0.15) is 0 Å². The maximum atomic E-state index is 5.74. The molecule has 0 radical (unpaired) electrons. The third-order valence-corrected chi connectivity index (χ3v) is 8.09. The van der Waals surface area contributed by atoms with E-state index in [2.05, 4.69) is 89.9 Å². The normalized spacial score (nSPS) is 11.3. The van der Waals surface area contributed by atoms with Crippen molar-refractivity contribution in [2.75, 3.05) is 51.2 Å². The van der Waals surface area contributed by atoms with Gasteiger partial charge in [0.05, 0.1) is 0 Å². The van der Waals surface area contributed by atoms with Gasteiger partial charge in [0.15, 0.2) is 0 Å². The van der Waals surface area contributed by atoms with Crippen LogP contribution >= 0.6 is 0 Å². The lowest BCUT2D eigenvalue weighted by Crippen LogP contribution is -2.23. The van der Waals surface area contributed by atoms with Crippen molar-refractivity contribution in [3.8, 4) is 11.5 Å². The molecule has 0 saturated heterocycles. The summed E-state index contributed by atoms with van der Waals surface area (Å²) in [7, 11) is 2.03. The van der Waals surface area contributed by atoms with Gasteiger partial charge in [-0.15, -0.1) is 0 Å². The van der Waals surface area contributed by atoms with Gasteiger partial charge in [-0.3, -0.25) is 0 Å². The van der Waals surface area contributed by atoms with Gasteiger partial charge < -0.3 is 25.6 Å². The zero-order valence-electron chi connectivity index (χ0n) is 30.5. The smallest absolute Gasteiger partial charge is 0.128 e. The Morgan fingerprint density at radius 3 is 1.71 bits per heavy atom. The molecule has 1 saturated carbocycles. The second kappa shape index (κ2) is 35.7. The molecule has 52 heavy (non-hydrogen) atoms. The number of nitrogens with one attached hydrogen (secondary N) is 3. The van der Waals surface area contributed by atoms with Crippen LogP contribution in [0.4, 0.5) is 5.82 Å². The van der Waals surface area contributed by atoms with E-state index in [0.717, 1.165) is 68.9 Å². The molecule has 5 rings (SSSR count). The minimum atomic E-state index is 0. The number of pyridine rings is 1. The molecular formula is C46H79N5O. The number of nitrogens with zero attached hydrogens (tertiary/aromatic N) is 2. The largest absolute Gasteiger partial charge is 0.457 e. The fourth-order valence-electron chi connectivity index (χ4n) is 5.10. The number of hydrogen-bond donors (Lipinski definition) is 3. The molecule has 1 fully saturated rings. The lowest BCUT2D eigenvalue weighted by Gasteiger charge is -2.21. The second-order valence-electron chi connectivity index (χ2n) is 11.9. The highest BCUT2D eigenvalue weighted by molar-refractivity contribution is 5.36. The van der Waals surface area contributed by atoms with Crippen molar-refractivity contribution in [1.29, 1.82) is 0 Å². The molecule has 3 aromatic carbocycles. The summed E-state index contributed by atoms with van der Waals surface area (Å²) in [4.78, 5) is 6.27. The molecule has 1 aliphatic carbocycles. The summed E-state index contributed by atoms with van der Waals surface area (Å²) in [5.74, 6) is 3.78. The third kappa shape index (κ3) is 25.3. The van der Waals surface area contributed by atoms with E-state index in [4.69, 9.17) is 4.74 Å². The van der Waals surface area contributed by atoms with E-state index in [-0.39, 0.29) is 29.7 Å². The van der Waals surface area contributed by atoms with E-state index >= 15 is 0 Å². The van der Waals surface area contributed by atoms with E-state index in [9.17, 15) is 0 Å². The molecule has 0 amide bonds. The average Bonchev–Trinajstić information content (AvgIpc) is 3.16. The zero-order valence-corrected chi connectivity index (χ0v) is 30.5. The van der Waals surface area contributed by atoms with Crippen molar-refractivity contribution in [1.82, 2.24) is 20.9 Å². The van der Waals surface area contributed by atoms with Gasteiger partial charge in [0.1, 0.15) is 17.3 Å². The quantitative estimate of drug-likeness (QED) is 0.113. The predicted molar refractivity (Wildman–Crippen MR) is 234 cm³/mol. The summed E-state index contributed by atoms with van der Waals surface area (Å²) < 4.78 is 5.74. The van der Waals surface area contributed by atoms with Gasteiger partial charge in [0.2, 0.25) is 0 Å². The fraction of sp³-hybridized carbons (Fsp3) is 0.500. The second-order valence-corrected chi connectivity index (χ2v) is 11.9. The Morgan fingerprint density at radius 2 is 1.17 bits per heavy atom. The van der Waals surface area contributed by atoms with E-state index < -0.39 is 0 Å². The number of anilines is 1. The number of aromatic nitrogens is 1. The molecule has 4 aromatic rings. The molecule has 6 nitrogen and oxygen atoms in total. The molecule has 1 aliphatic rings. The lowest BCUT2D eigenvalue weighted by atomic mass is 9.89. The first-order valence-electron chi connectivity index (χ1n) is 18.2. The summed E-state index contributed by atoms with van der Waals surface area (Å²) in [5.41, 5.74) is 2.68. The van der Waals surface area contributed by atoms with E-state index in [1.807, 2.05) is 80.0 Å². The van der Waals surface area contributed by atoms with Crippen LogP contribution in [0.1, 0.15) is 101 Å². The first kappa shape index (κ1) is 52.6. The Bertz CT molecular complexity index is 1250. The van der Waals surface area contributed by atoms with Crippen LogP contribution in [0.25, 0.3) is 0 Å². The Kier molecular flexibility index (Phi) is 36.1. The highest BCUT2D eigenvalue weighted by atomic mass is 16.5. The predicted octanol–water partition coefficient (Wildman–Crippen LogP) is 11.7. The first-order chi connectivity index (χ1) is 23.6. The van der Waals surface area contributed by atoms with Crippen LogP contribution in [0.2, 0.25) is 0 Å². The molecule has 0 spiro atoms. The Hall–Kier alpha value is -3.71. The van der Waals surface area contributed by atoms with E-state index in [0.29, 0.717) is 0 Å². The third-order valence-electron chi connectivity index (χ3n) is 8.09. The highest BCUT2D eigenvalue weighted by Crippen LogP contribution is 2.23. The monoisotopic (exact) mass is 718 g/mol. The zero-order chi connectivity index (χ0) is 34.5. The molecule has 294 valence electrons. The standard InChI is InChI=1S/C16H19NO.C9H19N.C9H13N.C8H12N2.4CH4/c1-2-17-13-12-14-8-10-16(11-9-14)18-15-6-4-3-5-7-15;2*1-2-10-8-9-6-4-3-5-7-9;1-3-10(2)8-6-4-5-7-9-8;;;;/h3-11,17H,2,12-13H2,1H3;9-10H,2-8H2,1H3;3-7,10H,2,8H2,1H3;4-7H,3H2,1-2H3;4*1H4. The van der Waals surface area contributed by atoms with Crippen LogP contribution < -0.4 is 25.6 Å². The summed E-state index contributed by atoms with van der Waals surface area (Å²) in [5, 5.41) is 10.0. The van der Waals surface area contributed by atoms with Gasteiger partial charge >= 0.3 is 0 Å². The number of likely N-dealkylation sites (N-methyl/N-ethyl adjacent to an activating group) is 1. The maximum absolute atomic E-state index is 5.74. The van der Waals surface area contributed by atoms with Crippen molar-refractivity contribution in [3.63, 3.8) is 0 Å². The molecule has 3 N–H and O–H groups in total. The van der Waals surface area contributed by atoms with Crippen LogP contribution in [0.5, 0.6) is 11.5 Å². The van der Waals surface area contributed by atoms with Crippen LogP contribution in [0, 0.1) is 5.92 Å². The number of para-hydroxylation sites is 1. The van der Waals surface area contributed by atoms with Crippen LogP contribution in [0.3, 0.4) is 0 Å².